The smallest absolute Gasteiger partial charge is 0.255 e. The molecule has 142 valence electrons. The maximum atomic E-state index is 12.5. The molecule has 2 N–H and O–H groups in total. The number of carbonyl (C=O) groups excluding carboxylic acids is 2. The first-order valence-corrected chi connectivity index (χ1v) is 8.60. The van der Waals surface area contributed by atoms with Gasteiger partial charge in [0.15, 0.2) is 0 Å². The van der Waals surface area contributed by atoms with Crippen LogP contribution < -0.4 is 20.1 Å². The van der Waals surface area contributed by atoms with Gasteiger partial charge < -0.3 is 20.1 Å². The van der Waals surface area contributed by atoms with Crippen molar-refractivity contribution in [3.63, 3.8) is 0 Å². The number of hydrogen-bond donors (Lipinski definition) is 2. The minimum atomic E-state index is -0.318. The Labute approximate surface area is 163 Å². The summed E-state index contributed by atoms with van der Waals surface area (Å²) in [6.45, 7) is 0. The van der Waals surface area contributed by atoms with Crippen LogP contribution in [0.2, 0.25) is 0 Å². The Balaban J connectivity index is 1.80. The number of carbonyl (C=O) groups is 2. The summed E-state index contributed by atoms with van der Waals surface area (Å²) < 4.78 is 10.4. The van der Waals surface area contributed by atoms with Crippen molar-refractivity contribution >= 4 is 23.2 Å². The van der Waals surface area contributed by atoms with Crippen molar-refractivity contribution in [3.05, 3.63) is 83.9 Å². The van der Waals surface area contributed by atoms with Crippen molar-refractivity contribution in [2.24, 2.45) is 0 Å². The Morgan fingerprint density at radius 2 is 1.36 bits per heavy atom. The van der Waals surface area contributed by atoms with Crippen molar-refractivity contribution in [2.75, 3.05) is 24.9 Å². The lowest BCUT2D eigenvalue weighted by molar-refractivity contribution is 0.101. The third-order valence-corrected chi connectivity index (χ3v) is 4.09. The molecule has 0 bridgehead atoms. The molecular formula is C22H20N2O4. The Bertz CT molecular complexity index is 970. The highest BCUT2D eigenvalue weighted by Crippen LogP contribution is 2.27. The topological polar surface area (TPSA) is 76.7 Å². The number of methoxy groups -OCH3 is 2. The average Bonchev–Trinajstić information content (AvgIpc) is 2.74. The van der Waals surface area contributed by atoms with Crippen molar-refractivity contribution in [1.29, 1.82) is 0 Å². The molecule has 0 saturated carbocycles. The molecule has 0 spiro atoms. The summed E-state index contributed by atoms with van der Waals surface area (Å²) in [5, 5.41) is 5.60. The number of amides is 2. The molecule has 0 heterocycles. The summed E-state index contributed by atoms with van der Waals surface area (Å²) in [6, 6.07) is 20.7. The van der Waals surface area contributed by atoms with Crippen LogP contribution >= 0.6 is 0 Å². The van der Waals surface area contributed by atoms with Crippen LogP contribution in [0, 0.1) is 0 Å². The number of hydrogen-bond acceptors (Lipinski definition) is 4. The van der Waals surface area contributed by atoms with E-state index in [1.807, 2.05) is 18.2 Å². The van der Waals surface area contributed by atoms with Gasteiger partial charge in [0.1, 0.15) is 11.5 Å². The molecule has 3 aromatic carbocycles. The molecule has 0 aliphatic carbocycles. The standard InChI is InChI=1S/C22H20N2O4/c1-27-18-11-8-15(9-12-18)21(25)24-19-14-16(10-13-20(19)28-2)22(26)23-17-6-4-3-5-7-17/h3-14H,1-2H3,(H,23,26)(H,24,25). The van der Waals surface area contributed by atoms with Gasteiger partial charge in [0, 0.05) is 16.8 Å². The van der Waals surface area contributed by atoms with E-state index in [0.717, 1.165) is 0 Å². The second-order valence-corrected chi connectivity index (χ2v) is 5.92. The Kier molecular flexibility index (Phi) is 5.91. The first kappa shape index (κ1) is 19.0. The molecule has 0 atom stereocenters. The fraction of sp³-hybridized carbons (Fsp3) is 0.0909. The second kappa shape index (κ2) is 8.73. The van der Waals surface area contributed by atoms with E-state index in [-0.39, 0.29) is 11.8 Å². The first-order valence-electron chi connectivity index (χ1n) is 8.60. The zero-order valence-electron chi connectivity index (χ0n) is 15.6. The number of nitrogens with one attached hydrogen (secondary N) is 2. The van der Waals surface area contributed by atoms with Gasteiger partial charge in [-0.15, -0.1) is 0 Å². The molecule has 0 fully saturated rings. The third-order valence-electron chi connectivity index (χ3n) is 4.09. The largest absolute Gasteiger partial charge is 0.497 e. The summed E-state index contributed by atoms with van der Waals surface area (Å²) in [7, 11) is 3.06. The van der Waals surface area contributed by atoms with Crippen LogP contribution in [0.1, 0.15) is 20.7 Å². The van der Waals surface area contributed by atoms with E-state index >= 15 is 0 Å². The number of ether oxygens (including phenoxy) is 2. The maximum Gasteiger partial charge on any atom is 0.255 e. The van der Waals surface area contributed by atoms with Gasteiger partial charge >= 0.3 is 0 Å². The molecule has 0 saturated heterocycles. The minimum Gasteiger partial charge on any atom is -0.497 e. The lowest BCUT2D eigenvalue weighted by Gasteiger charge is -2.13. The second-order valence-electron chi connectivity index (χ2n) is 5.92. The van der Waals surface area contributed by atoms with Gasteiger partial charge in [-0.25, -0.2) is 0 Å². The van der Waals surface area contributed by atoms with Crippen molar-refractivity contribution in [3.8, 4) is 11.5 Å². The number of anilines is 2. The number of rotatable bonds is 6. The molecule has 28 heavy (non-hydrogen) atoms. The maximum absolute atomic E-state index is 12.5. The first-order chi connectivity index (χ1) is 13.6. The molecule has 0 aliphatic rings. The molecule has 0 unspecified atom stereocenters. The van der Waals surface area contributed by atoms with Crippen LogP contribution in [0.3, 0.4) is 0 Å². The molecule has 0 aliphatic heterocycles. The average molecular weight is 376 g/mol. The fourth-order valence-corrected chi connectivity index (χ4v) is 2.61. The van der Waals surface area contributed by atoms with E-state index < -0.39 is 0 Å². The highest BCUT2D eigenvalue weighted by atomic mass is 16.5. The Morgan fingerprint density at radius 3 is 2.00 bits per heavy atom. The van der Waals surface area contributed by atoms with Crippen molar-refractivity contribution in [2.45, 2.75) is 0 Å². The van der Waals surface area contributed by atoms with Crippen LogP contribution in [0.5, 0.6) is 11.5 Å². The van der Waals surface area contributed by atoms with E-state index in [1.54, 1.807) is 61.7 Å². The fourth-order valence-electron chi connectivity index (χ4n) is 2.61. The van der Waals surface area contributed by atoms with Gasteiger partial charge in [-0.3, -0.25) is 9.59 Å². The van der Waals surface area contributed by atoms with Gasteiger partial charge in [-0.2, -0.15) is 0 Å². The summed E-state index contributed by atoms with van der Waals surface area (Å²) in [5.74, 6) is 0.516. The zero-order valence-corrected chi connectivity index (χ0v) is 15.6. The van der Waals surface area contributed by atoms with Crippen molar-refractivity contribution in [1.82, 2.24) is 0 Å². The molecule has 6 heteroatoms. The lowest BCUT2D eigenvalue weighted by atomic mass is 10.1. The van der Waals surface area contributed by atoms with Gasteiger partial charge in [-0.05, 0) is 54.6 Å². The van der Waals surface area contributed by atoms with Gasteiger partial charge in [0.2, 0.25) is 0 Å². The predicted molar refractivity (Wildman–Crippen MR) is 108 cm³/mol. The summed E-state index contributed by atoms with van der Waals surface area (Å²) >= 11 is 0. The van der Waals surface area contributed by atoms with Crippen LogP contribution in [-0.2, 0) is 0 Å². The minimum absolute atomic E-state index is 0.284. The van der Waals surface area contributed by atoms with Crippen molar-refractivity contribution < 1.29 is 19.1 Å². The van der Waals surface area contributed by atoms with E-state index in [4.69, 9.17) is 9.47 Å². The van der Waals surface area contributed by atoms with Crippen LogP contribution in [0.4, 0.5) is 11.4 Å². The molecule has 3 rings (SSSR count). The number of para-hydroxylation sites is 1. The molecule has 0 aromatic heterocycles. The van der Waals surface area contributed by atoms with Gasteiger partial charge in [0.25, 0.3) is 11.8 Å². The molecule has 3 aromatic rings. The summed E-state index contributed by atoms with van der Waals surface area (Å²) in [5.41, 5.74) is 1.95. The zero-order chi connectivity index (χ0) is 19.9. The molecule has 6 nitrogen and oxygen atoms in total. The quantitative estimate of drug-likeness (QED) is 0.676. The summed E-state index contributed by atoms with van der Waals surface area (Å²) in [4.78, 5) is 25.1. The van der Waals surface area contributed by atoms with E-state index in [0.29, 0.717) is 34.0 Å². The van der Waals surface area contributed by atoms with E-state index in [2.05, 4.69) is 10.6 Å². The monoisotopic (exact) mass is 376 g/mol. The highest BCUT2D eigenvalue weighted by molar-refractivity contribution is 6.08. The Morgan fingerprint density at radius 1 is 0.714 bits per heavy atom. The lowest BCUT2D eigenvalue weighted by Crippen LogP contribution is -2.15. The third kappa shape index (κ3) is 4.48. The number of benzene rings is 3. The van der Waals surface area contributed by atoms with Gasteiger partial charge in [-0.1, -0.05) is 18.2 Å². The van der Waals surface area contributed by atoms with E-state index in [9.17, 15) is 9.59 Å². The highest BCUT2D eigenvalue weighted by Gasteiger charge is 2.14. The van der Waals surface area contributed by atoms with Crippen LogP contribution in [0.15, 0.2) is 72.8 Å². The SMILES string of the molecule is COc1ccc(C(=O)Nc2cc(C(=O)Nc3ccccc3)ccc2OC)cc1. The van der Waals surface area contributed by atoms with Crippen LogP contribution in [0.25, 0.3) is 0 Å². The Hall–Kier alpha value is -3.80. The normalized spacial score (nSPS) is 10.1. The summed E-state index contributed by atoms with van der Waals surface area (Å²) in [6.07, 6.45) is 0. The molecular weight excluding hydrogens is 356 g/mol. The van der Waals surface area contributed by atoms with Crippen LogP contribution in [-0.4, -0.2) is 26.0 Å². The predicted octanol–water partition coefficient (Wildman–Crippen LogP) is 4.21. The van der Waals surface area contributed by atoms with Gasteiger partial charge in [0.05, 0.1) is 19.9 Å². The molecule has 2 amide bonds. The van der Waals surface area contributed by atoms with E-state index in [1.165, 1.54) is 7.11 Å². The molecule has 0 radical (unpaired) electrons.